The van der Waals surface area contributed by atoms with Crippen LogP contribution in [0.3, 0.4) is 0 Å². The second-order valence-electron chi connectivity index (χ2n) is 6.64. The van der Waals surface area contributed by atoms with Crippen LogP contribution in [0.25, 0.3) is 11.1 Å². The number of hydrogen-bond donors (Lipinski definition) is 1. The SMILES string of the molecule is Cc1nn(COCC[Si](C)(C)C)cc1-c1ccc(N)cc1. The third kappa shape index (κ3) is 4.72. The van der Waals surface area contributed by atoms with Crippen LogP contribution in [0.5, 0.6) is 0 Å². The topological polar surface area (TPSA) is 53.1 Å². The van der Waals surface area contributed by atoms with Gasteiger partial charge in [0.1, 0.15) is 6.73 Å². The molecular formula is C16H25N3OSi. The largest absolute Gasteiger partial charge is 0.399 e. The average Bonchev–Trinajstić information content (AvgIpc) is 2.76. The van der Waals surface area contributed by atoms with E-state index in [0.29, 0.717) is 6.73 Å². The van der Waals surface area contributed by atoms with Gasteiger partial charge in [-0.15, -0.1) is 0 Å². The van der Waals surface area contributed by atoms with Crippen molar-refractivity contribution in [2.45, 2.75) is 39.3 Å². The van der Waals surface area contributed by atoms with E-state index in [-0.39, 0.29) is 0 Å². The zero-order valence-corrected chi connectivity index (χ0v) is 14.4. The van der Waals surface area contributed by atoms with Crippen LogP contribution in [0.15, 0.2) is 30.5 Å². The third-order valence-electron chi connectivity index (χ3n) is 3.39. The van der Waals surface area contributed by atoms with E-state index in [1.54, 1.807) is 0 Å². The van der Waals surface area contributed by atoms with Gasteiger partial charge in [0, 0.05) is 32.1 Å². The molecule has 1 heterocycles. The van der Waals surface area contributed by atoms with E-state index < -0.39 is 8.07 Å². The van der Waals surface area contributed by atoms with Crippen molar-refractivity contribution in [2.24, 2.45) is 0 Å². The van der Waals surface area contributed by atoms with E-state index in [1.807, 2.05) is 42.1 Å². The molecule has 0 bridgehead atoms. The lowest BCUT2D eigenvalue weighted by Crippen LogP contribution is -2.22. The lowest BCUT2D eigenvalue weighted by Gasteiger charge is -2.15. The van der Waals surface area contributed by atoms with Crippen molar-refractivity contribution in [1.82, 2.24) is 9.78 Å². The smallest absolute Gasteiger partial charge is 0.139 e. The van der Waals surface area contributed by atoms with Gasteiger partial charge in [0.25, 0.3) is 0 Å². The second-order valence-corrected chi connectivity index (χ2v) is 12.3. The van der Waals surface area contributed by atoms with Crippen molar-refractivity contribution < 1.29 is 4.74 Å². The molecule has 2 rings (SSSR count). The van der Waals surface area contributed by atoms with Crippen LogP contribution in [0.1, 0.15) is 5.69 Å². The molecule has 0 saturated carbocycles. The summed E-state index contributed by atoms with van der Waals surface area (Å²) in [6.45, 7) is 10.4. The third-order valence-corrected chi connectivity index (χ3v) is 5.09. The van der Waals surface area contributed by atoms with Crippen molar-refractivity contribution >= 4 is 13.8 Å². The van der Waals surface area contributed by atoms with Gasteiger partial charge in [-0.3, -0.25) is 0 Å². The summed E-state index contributed by atoms with van der Waals surface area (Å²) >= 11 is 0. The molecule has 0 unspecified atom stereocenters. The number of benzene rings is 1. The van der Waals surface area contributed by atoms with E-state index in [2.05, 4.69) is 24.7 Å². The van der Waals surface area contributed by atoms with Gasteiger partial charge >= 0.3 is 0 Å². The summed E-state index contributed by atoms with van der Waals surface area (Å²) < 4.78 is 7.60. The summed E-state index contributed by atoms with van der Waals surface area (Å²) in [6, 6.07) is 9.05. The minimum atomic E-state index is -1.03. The lowest BCUT2D eigenvalue weighted by molar-refractivity contribution is 0.0784. The standard InChI is InChI=1S/C16H25N3OSi/c1-13-16(14-5-7-15(17)8-6-14)11-19(18-13)12-20-9-10-21(2,3)4/h5-8,11H,9-10,12,17H2,1-4H3. The molecule has 0 atom stereocenters. The number of nitrogen functional groups attached to an aromatic ring is 1. The Morgan fingerprint density at radius 2 is 1.86 bits per heavy atom. The van der Waals surface area contributed by atoms with E-state index in [9.17, 15) is 0 Å². The molecule has 0 aliphatic rings. The summed E-state index contributed by atoms with van der Waals surface area (Å²) in [5, 5.41) is 4.52. The fourth-order valence-electron chi connectivity index (χ4n) is 2.07. The highest BCUT2D eigenvalue weighted by Gasteiger charge is 2.12. The molecule has 0 radical (unpaired) electrons. The number of rotatable bonds is 6. The van der Waals surface area contributed by atoms with Crippen LogP contribution in [0, 0.1) is 6.92 Å². The first-order valence-corrected chi connectivity index (χ1v) is 11.0. The van der Waals surface area contributed by atoms with Crippen LogP contribution >= 0.6 is 0 Å². The van der Waals surface area contributed by atoms with Crippen molar-refractivity contribution in [3.05, 3.63) is 36.2 Å². The maximum atomic E-state index is 5.73. The summed E-state index contributed by atoms with van der Waals surface area (Å²) in [6.07, 6.45) is 2.04. The molecule has 0 spiro atoms. The normalized spacial score (nSPS) is 11.8. The number of aryl methyl sites for hydroxylation is 1. The zero-order valence-electron chi connectivity index (χ0n) is 13.4. The minimum absolute atomic E-state index is 0.514. The first kappa shape index (κ1) is 15.8. The quantitative estimate of drug-likeness (QED) is 0.502. The average molecular weight is 303 g/mol. The molecule has 0 fully saturated rings. The fraction of sp³-hybridized carbons (Fsp3) is 0.438. The van der Waals surface area contributed by atoms with Gasteiger partial charge in [-0.1, -0.05) is 31.8 Å². The number of nitrogens with zero attached hydrogens (tertiary/aromatic N) is 2. The van der Waals surface area contributed by atoms with E-state index >= 15 is 0 Å². The maximum Gasteiger partial charge on any atom is 0.139 e. The molecule has 114 valence electrons. The Kier molecular flexibility index (Phi) is 4.85. The summed E-state index contributed by atoms with van der Waals surface area (Å²) in [5.41, 5.74) is 9.77. The Labute approximate surface area is 127 Å². The van der Waals surface area contributed by atoms with Gasteiger partial charge in [-0.25, -0.2) is 4.68 Å². The Morgan fingerprint density at radius 1 is 1.19 bits per heavy atom. The minimum Gasteiger partial charge on any atom is -0.399 e. The summed E-state index contributed by atoms with van der Waals surface area (Å²) in [5.74, 6) is 0. The fourth-order valence-corrected chi connectivity index (χ4v) is 2.82. The first-order valence-electron chi connectivity index (χ1n) is 7.33. The van der Waals surface area contributed by atoms with E-state index in [1.165, 1.54) is 6.04 Å². The monoisotopic (exact) mass is 303 g/mol. The lowest BCUT2D eigenvalue weighted by atomic mass is 10.1. The van der Waals surface area contributed by atoms with Crippen LogP contribution < -0.4 is 5.73 Å². The van der Waals surface area contributed by atoms with Gasteiger partial charge in [0.05, 0.1) is 5.69 Å². The summed E-state index contributed by atoms with van der Waals surface area (Å²) in [4.78, 5) is 0. The Balaban J connectivity index is 1.97. The van der Waals surface area contributed by atoms with Gasteiger partial charge < -0.3 is 10.5 Å². The molecule has 5 heteroatoms. The van der Waals surface area contributed by atoms with Crippen LogP contribution in [-0.4, -0.2) is 24.5 Å². The Bertz CT molecular complexity index is 585. The predicted octanol–water partition coefficient (Wildman–Crippen LogP) is 3.75. The maximum absolute atomic E-state index is 5.73. The van der Waals surface area contributed by atoms with E-state index in [0.717, 1.165) is 29.1 Å². The number of anilines is 1. The molecule has 0 saturated heterocycles. The first-order chi connectivity index (χ1) is 9.85. The number of ether oxygens (including phenoxy) is 1. The van der Waals surface area contributed by atoms with Crippen LogP contribution in [0.2, 0.25) is 25.7 Å². The van der Waals surface area contributed by atoms with Gasteiger partial charge in [0.2, 0.25) is 0 Å². The molecule has 4 nitrogen and oxygen atoms in total. The molecule has 2 aromatic rings. The highest BCUT2D eigenvalue weighted by molar-refractivity contribution is 6.76. The highest BCUT2D eigenvalue weighted by atomic mass is 28.3. The highest BCUT2D eigenvalue weighted by Crippen LogP contribution is 2.23. The van der Waals surface area contributed by atoms with Crippen molar-refractivity contribution in [3.63, 3.8) is 0 Å². The Hall–Kier alpha value is -1.59. The van der Waals surface area contributed by atoms with Crippen LogP contribution in [-0.2, 0) is 11.5 Å². The summed E-state index contributed by atoms with van der Waals surface area (Å²) in [7, 11) is -1.03. The second kappa shape index (κ2) is 6.45. The van der Waals surface area contributed by atoms with E-state index in [4.69, 9.17) is 10.5 Å². The zero-order chi connectivity index (χ0) is 15.5. The number of aromatic nitrogens is 2. The molecule has 1 aromatic heterocycles. The molecule has 0 aliphatic heterocycles. The molecule has 21 heavy (non-hydrogen) atoms. The molecule has 1 aromatic carbocycles. The number of hydrogen-bond acceptors (Lipinski definition) is 3. The molecule has 2 N–H and O–H groups in total. The van der Waals surface area contributed by atoms with Gasteiger partial charge in [-0.05, 0) is 30.7 Å². The molecule has 0 amide bonds. The van der Waals surface area contributed by atoms with Crippen LogP contribution in [0.4, 0.5) is 5.69 Å². The number of nitrogens with two attached hydrogens (primary N) is 1. The predicted molar refractivity (Wildman–Crippen MR) is 90.9 cm³/mol. The molecular weight excluding hydrogens is 278 g/mol. The van der Waals surface area contributed by atoms with Gasteiger partial charge in [0.15, 0.2) is 0 Å². The Morgan fingerprint density at radius 3 is 2.48 bits per heavy atom. The molecule has 0 aliphatic carbocycles. The van der Waals surface area contributed by atoms with Gasteiger partial charge in [-0.2, -0.15) is 5.10 Å². The van der Waals surface area contributed by atoms with Crippen molar-refractivity contribution in [3.8, 4) is 11.1 Å². The van der Waals surface area contributed by atoms with Crippen molar-refractivity contribution in [1.29, 1.82) is 0 Å². The van der Waals surface area contributed by atoms with Crippen molar-refractivity contribution in [2.75, 3.05) is 12.3 Å².